The predicted octanol–water partition coefficient (Wildman–Crippen LogP) is 2.64. The molecule has 0 saturated carbocycles. The van der Waals surface area contributed by atoms with Crippen LogP contribution in [0.25, 0.3) is 0 Å². The number of nitrogens with one attached hydrogen (secondary N) is 1. The molecule has 2 aliphatic heterocycles. The molecule has 1 N–H and O–H groups in total. The van der Waals surface area contributed by atoms with Crippen LogP contribution in [0.5, 0.6) is 0 Å². The zero-order valence-electron chi connectivity index (χ0n) is 18.8. The fraction of sp³-hybridized carbons (Fsp3) is 0.400. The molecular formula is C25H28FN3O4. The van der Waals surface area contributed by atoms with E-state index in [1.54, 1.807) is 44.2 Å². The number of benzene rings is 2. The van der Waals surface area contributed by atoms with Gasteiger partial charge in [-0.3, -0.25) is 24.2 Å². The Morgan fingerprint density at radius 2 is 1.67 bits per heavy atom. The number of hydrogen-bond acceptors (Lipinski definition) is 5. The number of hydrogen-bond donors (Lipinski definition) is 1. The molecule has 33 heavy (non-hydrogen) atoms. The molecule has 4 rings (SSSR count). The minimum atomic E-state index is -0.949. The van der Waals surface area contributed by atoms with Crippen LogP contribution in [0.2, 0.25) is 0 Å². The van der Waals surface area contributed by atoms with Gasteiger partial charge in [0.25, 0.3) is 11.8 Å². The molecule has 2 aromatic rings. The number of morpholine rings is 1. The molecule has 0 aromatic heterocycles. The number of ether oxygens (including phenoxy) is 1. The van der Waals surface area contributed by atoms with Crippen LogP contribution < -0.4 is 5.32 Å². The standard InChI is InChI=1S/C25H28FN3O4/c1-16(2)22(29-24(31)19-8-3-4-9-20(19)25(29)32)23(30)27-15-21(28-10-12-33-13-11-28)17-6-5-7-18(26)14-17/h3-9,14,16,21-22H,10-13,15H2,1-2H3,(H,27,30). The van der Waals surface area contributed by atoms with Gasteiger partial charge in [-0.15, -0.1) is 0 Å². The molecule has 2 aliphatic rings. The van der Waals surface area contributed by atoms with Gasteiger partial charge in [0.1, 0.15) is 11.9 Å². The molecule has 8 heteroatoms. The monoisotopic (exact) mass is 453 g/mol. The third-order valence-corrected chi connectivity index (χ3v) is 6.19. The molecule has 0 radical (unpaired) electrons. The zero-order chi connectivity index (χ0) is 23.5. The summed E-state index contributed by atoms with van der Waals surface area (Å²) in [6.07, 6.45) is 0. The lowest BCUT2D eigenvalue weighted by Crippen LogP contribution is -2.53. The molecule has 1 fully saturated rings. The largest absolute Gasteiger partial charge is 0.379 e. The molecule has 3 amide bonds. The van der Waals surface area contributed by atoms with Crippen LogP contribution in [0.3, 0.4) is 0 Å². The Kier molecular flexibility index (Phi) is 6.85. The molecule has 0 spiro atoms. The van der Waals surface area contributed by atoms with E-state index in [1.165, 1.54) is 12.1 Å². The predicted molar refractivity (Wildman–Crippen MR) is 120 cm³/mol. The second kappa shape index (κ2) is 9.80. The van der Waals surface area contributed by atoms with Gasteiger partial charge < -0.3 is 10.1 Å². The van der Waals surface area contributed by atoms with E-state index in [2.05, 4.69) is 10.2 Å². The summed E-state index contributed by atoms with van der Waals surface area (Å²) in [5, 5.41) is 2.93. The van der Waals surface area contributed by atoms with Gasteiger partial charge in [0.05, 0.1) is 30.4 Å². The Hall–Kier alpha value is -3.10. The van der Waals surface area contributed by atoms with Gasteiger partial charge >= 0.3 is 0 Å². The van der Waals surface area contributed by atoms with E-state index in [-0.39, 0.29) is 24.3 Å². The first-order chi connectivity index (χ1) is 15.9. The van der Waals surface area contributed by atoms with E-state index >= 15 is 0 Å². The molecular weight excluding hydrogens is 425 g/mol. The molecule has 2 heterocycles. The Morgan fingerprint density at radius 3 is 2.24 bits per heavy atom. The number of carbonyl (C=O) groups is 3. The van der Waals surface area contributed by atoms with Gasteiger partial charge in [0.15, 0.2) is 0 Å². The highest BCUT2D eigenvalue weighted by Gasteiger charge is 2.44. The lowest BCUT2D eigenvalue weighted by Gasteiger charge is -2.36. The van der Waals surface area contributed by atoms with Gasteiger partial charge in [-0.25, -0.2) is 4.39 Å². The second-order valence-electron chi connectivity index (χ2n) is 8.68. The van der Waals surface area contributed by atoms with Crippen LogP contribution in [0.15, 0.2) is 48.5 Å². The van der Waals surface area contributed by atoms with Gasteiger partial charge in [-0.05, 0) is 35.7 Å². The van der Waals surface area contributed by atoms with E-state index in [4.69, 9.17) is 4.74 Å². The first-order valence-corrected chi connectivity index (χ1v) is 11.2. The second-order valence-corrected chi connectivity index (χ2v) is 8.68. The van der Waals surface area contributed by atoms with Crippen LogP contribution in [0, 0.1) is 11.7 Å². The normalized spacial score (nSPS) is 18.4. The summed E-state index contributed by atoms with van der Waals surface area (Å²) in [5.41, 5.74) is 1.37. The summed E-state index contributed by atoms with van der Waals surface area (Å²) < 4.78 is 19.4. The van der Waals surface area contributed by atoms with Crippen molar-refractivity contribution in [3.8, 4) is 0 Å². The lowest BCUT2D eigenvalue weighted by molar-refractivity contribution is -0.126. The minimum Gasteiger partial charge on any atom is -0.379 e. The molecule has 2 unspecified atom stereocenters. The third kappa shape index (κ3) is 4.67. The molecule has 2 atom stereocenters. The Balaban J connectivity index is 1.54. The Labute approximate surface area is 192 Å². The summed E-state index contributed by atoms with van der Waals surface area (Å²) >= 11 is 0. The summed E-state index contributed by atoms with van der Waals surface area (Å²) in [5.74, 6) is -1.96. The fourth-order valence-electron chi connectivity index (χ4n) is 4.54. The van der Waals surface area contributed by atoms with Crippen molar-refractivity contribution in [1.82, 2.24) is 15.1 Å². The summed E-state index contributed by atoms with van der Waals surface area (Å²) in [4.78, 5) is 42.5. The summed E-state index contributed by atoms with van der Waals surface area (Å²) in [7, 11) is 0. The van der Waals surface area contributed by atoms with Crippen LogP contribution in [-0.2, 0) is 9.53 Å². The van der Waals surface area contributed by atoms with Crippen LogP contribution >= 0.6 is 0 Å². The van der Waals surface area contributed by atoms with Crippen molar-refractivity contribution in [2.45, 2.75) is 25.9 Å². The van der Waals surface area contributed by atoms with Gasteiger partial charge in [0, 0.05) is 19.6 Å². The lowest BCUT2D eigenvalue weighted by atomic mass is 10.0. The summed E-state index contributed by atoms with van der Waals surface area (Å²) in [6.45, 7) is 6.26. The van der Waals surface area contributed by atoms with Crippen molar-refractivity contribution >= 4 is 17.7 Å². The molecule has 2 aromatic carbocycles. The van der Waals surface area contributed by atoms with Crippen molar-refractivity contribution in [2.24, 2.45) is 5.92 Å². The first-order valence-electron chi connectivity index (χ1n) is 11.2. The van der Waals surface area contributed by atoms with Gasteiger partial charge in [-0.2, -0.15) is 0 Å². The van der Waals surface area contributed by atoms with Crippen molar-refractivity contribution in [3.63, 3.8) is 0 Å². The number of nitrogens with zero attached hydrogens (tertiary/aromatic N) is 2. The Morgan fingerprint density at radius 1 is 1.03 bits per heavy atom. The van der Waals surface area contributed by atoms with E-state index < -0.39 is 23.8 Å². The summed E-state index contributed by atoms with van der Waals surface area (Å²) in [6, 6.07) is 11.7. The zero-order valence-corrected chi connectivity index (χ0v) is 18.8. The molecule has 7 nitrogen and oxygen atoms in total. The number of fused-ring (bicyclic) bond motifs is 1. The number of rotatable bonds is 7. The van der Waals surface area contributed by atoms with Crippen molar-refractivity contribution in [3.05, 3.63) is 71.0 Å². The molecule has 0 bridgehead atoms. The highest BCUT2D eigenvalue weighted by molar-refractivity contribution is 6.22. The van der Waals surface area contributed by atoms with Crippen molar-refractivity contribution in [1.29, 1.82) is 0 Å². The maximum absolute atomic E-state index is 13.9. The highest BCUT2D eigenvalue weighted by atomic mass is 19.1. The molecule has 174 valence electrons. The first kappa shape index (κ1) is 23.1. The van der Waals surface area contributed by atoms with Gasteiger partial charge in [0.2, 0.25) is 5.91 Å². The smallest absolute Gasteiger partial charge is 0.262 e. The van der Waals surface area contributed by atoms with Crippen molar-refractivity contribution in [2.75, 3.05) is 32.8 Å². The van der Waals surface area contributed by atoms with E-state index in [0.29, 0.717) is 37.4 Å². The maximum atomic E-state index is 13.9. The van der Waals surface area contributed by atoms with Crippen LogP contribution in [-0.4, -0.2) is 66.4 Å². The number of amides is 3. The quantitative estimate of drug-likeness (QED) is 0.652. The van der Waals surface area contributed by atoms with E-state index in [1.807, 2.05) is 6.07 Å². The fourth-order valence-corrected chi connectivity index (χ4v) is 4.54. The number of carbonyl (C=O) groups excluding carboxylic acids is 3. The van der Waals surface area contributed by atoms with Crippen LogP contribution in [0.1, 0.15) is 46.2 Å². The number of imide groups is 1. The Bertz CT molecular complexity index is 1020. The molecule has 1 saturated heterocycles. The SMILES string of the molecule is CC(C)C(C(=O)NCC(c1cccc(F)c1)N1CCOCC1)N1C(=O)c2ccccc2C1=O. The van der Waals surface area contributed by atoms with Gasteiger partial charge in [-0.1, -0.05) is 38.1 Å². The van der Waals surface area contributed by atoms with Crippen LogP contribution in [0.4, 0.5) is 4.39 Å². The average molecular weight is 454 g/mol. The topological polar surface area (TPSA) is 79.0 Å². The van der Waals surface area contributed by atoms with E-state index in [0.717, 1.165) is 10.5 Å². The number of halogens is 1. The van der Waals surface area contributed by atoms with E-state index in [9.17, 15) is 18.8 Å². The average Bonchev–Trinajstić information content (AvgIpc) is 3.05. The minimum absolute atomic E-state index is 0.217. The third-order valence-electron chi connectivity index (χ3n) is 6.19. The van der Waals surface area contributed by atoms with Crippen molar-refractivity contribution < 1.29 is 23.5 Å². The molecule has 0 aliphatic carbocycles. The highest BCUT2D eigenvalue weighted by Crippen LogP contribution is 2.28. The maximum Gasteiger partial charge on any atom is 0.262 e.